The highest BCUT2D eigenvalue weighted by Crippen LogP contribution is 2.29. The number of halogens is 1. The maximum absolute atomic E-state index is 13.1. The molecule has 1 amide bonds. The third kappa shape index (κ3) is 5.36. The van der Waals surface area contributed by atoms with Crippen LogP contribution in [-0.4, -0.2) is 26.5 Å². The van der Waals surface area contributed by atoms with Crippen molar-refractivity contribution in [3.8, 4) is 11.1 Å². The van der Waals surface area contributed by atoms with Gasteiger partial charge < -0.3 is 15.0 Å². The summed E-state index contributed by atoms with van der Waals surface area (Å²) in [5, 5.41) is 13.7. The summed E-state index contributed by atoms with van der Waals surface area (Å²) in [5.41, 5.74) is 7.82. The topological polar surface area (TPSA) is 84.2 Å². The monoisotopic (exact) mass is 581 g/mol. The van der Waals surface area contributed by atoms with Gasteiger partial charge in [0.1, 0.15) is 0 Å². The lowest BCUT2D eigenvalue weighted by molar-refractivity contribution is 0.0697. The van der Waals surface area contributed by atoms with Gasteiger partial charge in [-0.15, -0.1) is 0 Å². The molecule has 0 spiro atoms. The van der Waals surface area contributed by atoms with Gasteiger partial charge in [-0.3, -0.25) is 9.78 Å². The molecule has 39 heavy (non-hydrogen) atoms. The zero-order valence-corrected chi connectivity index (χ0v) is 23.5. The predicted molar refractivity (Wildman–Crippen MR) is 157 cm³/mol. The summed E-state index contributed by atoms with van der Waals surface area (Å²) in [5.74, 6) is -1.07. The first-order chi connectivity index (χ1) is 18.7. The summed E-state index contributed by atoms with van der Waals surface area (Å²) in [6.07, 6.45) is 3.47. The van der Waals surface area contributed by atoms with Gasteiger partial charge in [0.05, 0.1) is 11.6 Å². The Hall–Kier alpha value is -4.23. The Bertz CT molecular complexity index is 1710. The van der Waals surface area contributed by atoms with Crippen molar-refractivity contribution in [2.45, 2.75) is 33.4 Å². The number of nitrogens with one attached hydrogen (secondary N) is 1. The molecule has 2 N–H and O–H groups in total. The third-order valence-electron chi connectivity index (χ3n) is 7.24. The lowest BCUT2D eigenvalue weighted by Crippen LogP contribution is -2.26. The van der Waals surface area contributed by atoms with E-state index < -0.39 is 5.97 Å². The number of carboxylic acids is 1. The molecule has 0 aliphatic rings. The van der Waals surface area contributed by atoms with Crippen molar-refractivity contribution in [1.29, 1.82) is 0 Å². The number of fused-ring (bicyclic) bond motifs is 1. The van der Waals surface area contributed by atoms with Crippen LogP contribution in [-0.2, 0) is 6.54 Å². The highest BCUT2D eigenvalue weighted by Gasteiger charge is 2.17. The molecule has 1 atom stereocenters. The Morgan fingerprint density at radius 2 is 1.74 bits per heavy atom. The van der Waals surface area contributed by atoms with Crippen LogP contribution in [0.5, 0.6) is 0 Å². The number of pyridine rings is 1. The van der Waals surface area contributed by atoms with Crippen LogP contribution < -0.4 is 5.32 Å². The summed E-state index contributed by atoms with van der Waals surface area (Å²) >= 11 is 3.43. The maximum atomic E-state index is 13.1. The highest BCUT2D eigenvalue weighted by atomic mass is 79.9. The van der Waals surface area contributed by atoms with Gasteiger partial charge in [-0.2, -0.15) is 0 Å². The number of rotatable bonds is 7. The van der Waals surface area contributed by atoms with E-state index in [4.69, 9.17) is 0 Å². The lowest BCUT2D eigenvalue weighted by Gasteiger charge is -2.14. The van der Waals surface area contributed by atoms with Crippen LogP contribution in [0, 0.1) is 13.8 Å². The number of hydrogen-bond donors (Lipinski definition) is 2. The number of carbonyl (C=O) groups is 2. The van der Waals surface area contributed by atoms with Crippen molar-refractivity contribution in [2.75, 3.05) is 0 Å². The lowest BCUT2D eigenvalue weighted by atomic mass is 9.99. The van der Waals surface area contributed by atoms with E-state index in [0.29, 0.717) is 17.7 Å². The predicted octanol–water partition coefficient (Wildman–Crippen LogP) is 7.32. The van der Waals surface area contributed by atoms with Gasteiger partial charge in [0.25, 0.3) is 5.91 Å². The molecule has 3 aromatic carbocycles. The molecule has 2 heterocycles. The molecule has 7 heteroatoms. The standard InChI is InChI=1S/C32H28BrN3O3/c1-19-21(3)36(18-22-8-10-23(11-9-22)27-6-4-5-7-28(27)32(38)39)30-13-12-24(15-29(19)30)31(37)35-20(2)25-14-26(33)17-34-16-25/h4-17,20H,18H2,1-3H3,(H,35,37)(H,38,39)/t20-/m1/s1. The van der Waals surface area contributed by atoms with Crippen molar-refractivity contribution in [1.82, 2.24) is 14.9 Å². The number of aryl methyl sites for hydroxylation is 1. The molecule has 2 aromatic heterocycles. The molecule has 0 fully saturated rings. The van der Waals surface area contributed by atoms with Gasteiger partial charge in [0, 0.05) is 45.6 Å². The molecular formula is C32H28BrN3O3. The van der Waals surface area contributed by atoms with E-state index in [1.807, 2.05) is 67.6 Å². The number of aromatic carboxylic acids is 1. The van der Waals surface area contributed by atoms with E-state index in [-0.39, 0.29) is 17.5 Å². The molecule has 5 rings (SSSR count). The minimum absolute atomic E-state index is 0.133. The second-order valence-electron chi connectivity index (χ2n) is 9.71. The van der Waals surface area contributed by atoms with E-state index in [2.05, 4.69) is 44.6 Å². The number of carboxylic acid groups (broad SMARTS) is 1. The van der Waals surface area contributed by atoms with E-state index >= 15 is 0 Å². The molecule has 0 bridgehead atoms. The Morgan fingerprint density at radius 1 is 1.00 bits per heavy atom. The zero-order valence-electron chi connectivity index (χ0n) is 21.9. The summed E-state index contributed by atoms with van der Waals surface area (Å²) in [4.78, 5) is 28.9. The molecule has 0 unspecified atom stereocenters. The molecule has 196 valence electrons. The number of benzene rings is 3. The van der Waals surface area contributed by atoms with E-state index in [1.165, 1.54) is 0 Å². The highest BCUT2D eigenvalue weighted by molar-refractivity contribution is 9.10. The molecule has 0 saturated heterocycles. The second kappa shape index (κ2) is 10.9. The van der Waals surface area contributed by atoms with E-state index in [0.717, 1.165) is 43.3 Å². The van der Waals surface area contributed by atoms with Crippen molar-refractivity contribution in [3.63, 3.8) is 0 Å². The number of aromatic nitrogens is 2. The van der Waals surface area contributed by atoms with Crippen LogP contribution >= 0.6 is 15.9 Å². The SMILES string of the molecule is Cc1c(C)n(Cc2ccc(-c3ccccc3C(=O)O)cc2)c2ccc(C(=O)N[C@H](C)c3cncc(Br)c3)cc12. The normalized spacial score (nSPS) is 11.9. The smallest absolute Gasteiger partial charge is 0.336 e. The summed E-state index contributed by atoms with van der Waals surface area (Å²) in [6, 6.07) is 22.6. The fourth-order valence-electron chi connectivity index (χ4n) is 4.92. The van der Waals surface area contributed by atoms with Gasteiger partial charge >= 0.3 is 5.97 Å². The summed E-state index contributed by atoms with van der Waals surface area (Å²) in [7, 11) is 0. The minimum Gasteiger partial charge on any atom is -0.478 e. The number of carbonyl (C=O) groups excluding carboxylic acids is 1. The molecule has 0 aliphatic carbocycles. The third-order valence-corrected chi connectivity index (χ3v) is 7.67. The maximum Gasteiger partial charge on any atom is 0.336 e. The zero-order chi connectivity index (χ0) is 27.7. The molecular weight excluding hydrogens is 554 g/mol. The van der Waals surface area contributed by atoms with Gasteiger partial charge in [0.15, 0.2) is 0 Å². The summed E-state index contributed by atoms with van der Waals surface area (Å²) in [6.45, 7) is 6.78. The molecule has 0 saturated carbocycles. The molecule has 0 radical (unpaired) electrons. The Balaban J connectivity index is 1.39. The quantitative estimate of drug-likeness (QED) is 0.211. The first kappa shape index (κ1) is 26.4. The Morgan fingerprint density at radius 3 is 2.46 bits per heavy atom. The number of hydrogen-bond acceptors (Lipinski definition) is 3. The van der Waals surface area contributed by atoms with Crippen LogP contribution in [0.25, 0.3) is 22.0 Å². The Labute approximate surface area is 235 Å². The van der Waals surface area contributed by atoms with Crippen molar-refractivity contribution in [2.24, 2.45) is 0 Å². The van der Waals surface area contributed by atoms with Crippen molar-refractivity contribution in [3.05, 3.63) is 123 Å². The minimum atomic E-state index is -0.938. The second-order valence-corrected chi connectivity index (χ2v) is 10.6. The van der Waals surface area contributed by atoms with E-state index in [9.17, 15) is 14.7 Å². The summed E-state index contributed by atoms with van der Waals surface area (Å²) < 4.78 is 3.12. The molecule has 0 aliphatic heterocycles. The van der Waals surface area contributed by atoms with E-state index in [1.54, 1.807) is 24.5 Å². The molecule has 6 nitrogen and oxygen atoms in total. The number of amides is 1. The Kier molecular flexibility index (Phi) is 7.35. The van der Waals surface area contributed by atoms with Crippen LogP contribution in [0.15, 0.2) is 89.7 Å². The van der Waals surface area contributed by atoms with Crippen molar-refractivity contribution < 1.29 is 14.7 Å². The molecule has 5 aromatic rings. The average molecular weight is 582 g/mol. The first-order valence-electron chi connectivity index (χ1n) is 12.7. The van der Waals surface area contributed by atoms with Gasteiger partial charge in [0.2, 0.25) is 0 Å². The largest absolute Gasteiger partial charge is 0.478 e. The van der Waals surface area contributed by atoms with Crippen molar-refractivity contribution >= 4 is 38.7 Å². The van der Waals surface area contributed by atoms with Crippen LogP contribution in [0.4, 0.5) is 0 Å². The first-order valence-corrected chi connectivity index (χ1v) is 13.4. The fraction of sp³-hybridized carbons (Fsp3) is 0.156. The van der Waals surface area contributed by atoms with Gasteiger partial charge in [-0.25, -0.2) is 4.79 Å². The van der Waals surface area contributed by atoms with Crippen LogP contribution in [0.2, 0.25) is 0 Å². The average Bonchev–Trinajstić information content (AvgIpc) is 3.17. The van der Waals surface area contributed by atoms with Crippen LogP contribution in [0.1, 0.15) is 56.1 Å². The number of nitrogens with zero attached hydrogens (tertiary/aromatic N) is 2. The fourth-order valence-corrected chi connectivity index (χ4v) is 5.30. The van der Waals surface area contributed by atoms with Gasteiger partial charge in [-0.05, 0) is 94.9 Å². The van der Waals surface area contributed by atoms with Gasteiger partial charge in [-0.1, -0.05) is 42.5 Å². The van der Waals surface area contributed by atoms with Crippen LogP contribution in [0.3, 0.4) is 0 Å².